The average Bonchev–Trinajstić information content (AvgIpc) is 2.47. The summed E-state index contributed by atoms with van der Waals surface area (Å²) in [6.07, 6.45) is 0.685. The Morgan fingerprint density at radius 2 is 1.59 bits per heavy atom. The van der Waals surface area contributed by atoms with Gasteiger partial charge in [-0.3, -0.25) is 0 Å². The Bertz CT molecular complexity index is 697. The molecule has 0 amide bonds. The lowest BCUT2D eigenvalue weighted by atomic mass is 9.98. The molecule has 0 bridgehead atoms. The molecule has 5 heteroatoms. The highest BCUT2D eigenvalue weighted by Gasteiger charge is 2.22. The van der Waals surface area contributed by atoms with Crippen molar-refractivity contribution >= 4 is 10.0 Å². The lowest BCUT2D eigenvalue weighted by Crippen LogP contribution is -2.29. The molecule has 0 heterocycles. The van der Waals surface area contributed by atoms with Gasteiger partial charge in [-0.15, -0.1) is 0 Å². The third-order valence-corrected chi connectivity index (χ3v) is 4.82. The summed E-state index contributed by atoms with van der Waals surface area (Å²) in [6.45, 7) is 4.09. The molecule has 22 heavy (non-hydrogen) atoms. The topological polar surface area (TPSA) is 46.2 Å². The molecule has 0 radical (unpaired) electrons. The molecule has 0 unspecified atom stereocenters. The summed E-state index contributed by atoms with van der Waals surface area (Å²) >= 11 is 0. The molecule has 0 fully saturated rings. The summed E-state index contributed by atoms with van der Waals surface area (Å²) in [7, 11) is -3.69. The lowest BCUT2D eigenvalue weighted by molar-refractivity contribution is 0.472. The fourth-order valence-electron chi connectivity index (χ4n) is 2.28. The van der Waals surface area contributed by atoms with E-state index in [0.717, 1.165) is 17.7 Å². The van der Waals surface area contributed by atoms with Gasteiger partial charge in [0.05, 0.1) is 4.90 Å². The van der Waals surface area contributed by atoms with E-state index in [2.05, 4.69) is 4.72 Å². The van der Waals surface area contributed by atoms with Crippen LogP contribution in [-0.4, -0.2) is 8.42 Å². The molecule has 0 saturated heterocycles. The zero-order valence-electron chi connectivity index (χ0n) is 12.7. The monoisotopic (exact) mass is 321 g/mol. The third-order valence-electron chi connectivity index (χ3n) is 3.33. The summed E-state index contributed by atoms with van der Waals surface area (Å²) in [5.74, 6) is -0.123. The van der Waals surface area contributed by atoms with Crippen LogP contribution in [0.25, 0.3) is 0 Å². The second-order valence-corrected chi connectivity index (χ2v) is 7.38. The van der Waals surface area contributed by atoms with Crippen LogP contribution in [0.4, 0.5) is 4.39 Å². The van der Waals surface area contributed by atoms with E-state index in [1.165, 1.54) is 12.1 Å². The van der Waals surface area contributed by atoms with Gasteiger partial charge in [-0.25, -0.2) is 17.5 Å². The Labute approximate surface area is 131 Å². The first-order chi connectivity index (χ1) is 10.4. The average molecular weight is 321 g/mol. The zero-order chi connectivity index (χ0) is 16.2. The molecule has 0 spiro atoms. The first kappa shape index (κ1) is 16.6. The predicted molar refractivity (Wildman–Crippen MR) is 85.4 cm³/mol. The van der Waals surface area contributed by atoms with Gasteiger partial charge in [-0.2, -0.15) is 0 Å². The molecule has 0 aliphatic heterocycles. The highest BCUT2D eigenvalue weighted by atomic mass is 32.2. The van der Waals surface area contributed by atoms with E-state index >= 15 is 0 Å². The number of benzene rings is 2. The Morgan fingerprint density at radius 1 is 1.00 bits per heavy atom. The van der Waals surface area contributed by atoms with Crippen LogP contribution in [0.15, 0.2) is 59.5 Å². The second-order valence-electron chi connectivity index (χ2n) is 5.67. The number of hydrogen-bond donors (Lipinski definition) is 1. The number of hydrogen-bond acceptors (Lipinski definition) is 2. The molecular formula is C17H20FNO2S. The fourth-order valence-corrected chi connectivity index (χ4v) is 3.52. The van der Waals surface area contributed by atoms with Crippen LogP contribution in [0.2, 0.25) is 0 Å². The van der Waals surface area contributed by atoms with E-state index < -0.39 is 15.8 Å². The summed E-state index contributed by atoms with van der Waals surface area (Å²) in [6, 6.07) is 14.0. The van der Waals surface area contributed by atoms with Crippen molar-refractivity contribution in [3.05, 3.63) is 66.0 Å². The van der Waals surface area contributed by atoms with E-state index in [-0.39, 0.29) is 10.9 Å². The Hall–Kier alpha value is -1.72. The molecule has 2 aromatic carbocycles. The normalized spacial score (nSPS) is 13.3. The summed E-state index contributed by atoms with van der Waals surface area (Å²) in [5.41, 5.74) is 0.918. The summed E-state index contributed by atoms with van der Waals surface area (Å²) in [4.78, 5) is 0.0681. The molecule has 2 aromatic rings. The molecule has 118 valence electrons. The minimum atomic E-state index is -3.69. The van der Waals surface area contributed by atoms with Crippen LogP contribution < -0.4 is 4.72 Å². The van der Waals surface area contributed by atoms with Crippen LogP contribution in [0.1, 0.15) is 31.9 Å². The van der Waals surface area contributed by atoms with E-state index in [1.54, 1.807) is 0 Å². The standard InChI is InChI=1S/C17H20FNO2S/c1-13(2)12-17(14-6-4-3-5-7-14)19-22(20,21)16-10-8-15(18)9-11-16/h3-11,13,17,19H,12H2,1-2H3/t17-/m0/s1. The highest BCUT2D eigenvalue weighted by molar-refractivity contribution is 7.89. The van der Waals surface area contributed by atoms with E-state index in [4.69, 9.17) is 0 Å². The van der Waals surface area contributed by atoms with Gasteiger partial charge in [0.1, 0.15) is 5.82 Å². The van der Waals surface area contributed by atoms with Gasteiger partial charge in [-0.1, -0.05) is 44.2 Å². The second kappa shape index (κ2) is 7.03. The molecule has 0 aromatic heterocycles. The Balaban J connectivity index is 2.28. The van der Waals surface area contributed by atoms with Gasteiger partial charge in [0.15, 0.2) is 0 Å². The first-order valence-electron chi connectivity index (χ1n) is 7.21. The van der Waals surface area contributed by atoms with E-state index in [9.17, 15) is 12.8 Å². The number of rotatable bonds is 6. The first-order valence-corrected chi connectivity index (χ1v) is 8.69. The Kier molecular flexibility index (Phi) is 5.32. The van der Waals surface area contributed by atoms with Crippen molar-refractivity contribution in [1.29, 1.82) is 0 Å². The van der Waals surface area contributed by atoms with Crippen LogP contribution in [0.3, 0.4) is 0 Å². The SMILES string of the molecule is CC(C)C[C@H](NS(=O)(=O)c1ccc(F)cc1)c1ccccc1. The maximum atomic E-state index is 13.0. The fraction of sp³-hybridized carbons (Fsp3) is 0.294. The van der Waals surface area contributed by atoms with E-state index in [1.807, 2.05) is 44.2 Å². The minimum absolute atomic E-state index is 0.0681. The molecule has 1 N–H and O–H groups in total. The Morgan fingerprint density at radius 3 is 2.14 bits per heavy atom. The number of sulfonamides is 1. The number of halogens is 1. The highest BCUT2D eigenvalue weighted by Crippen LogP contribution is 2.23. The quantitative estimate of drug-likeness (QED) is 0.877. The van der Waals surface area contributed by atoms with Crippen molar-refractivity contribution in [3.8, 4) is 0 Å². The molecule has 3 nitrogen and oxygen atoms in total. The number of nitrogens with one attached hydrogen (secondary N) is 1. The van der Waals surface area contributed by atoms with Crippen LogP contribution >= 0.6 is 0 Å². The van der Waals surface area contributed by atoms with Crippen molar-refractivity contribution in [2.45, 2.75) is 31.2 Å². The lowest BCUT2D eigenvalue weighted by Gasteiger charge is -2.21. The third kappa shape index (κ3) is 4.39. The van der Waals surface area contributed by atoms with Gasteiger partial charge < -0.3 is 0 Å². The molecule has 1 atom stereocenters. The molecular weight excluding hydrogens is 301 g/mol. The summed E-state index contributed by atoms with van der Waals surface area (Å²) < 4.78 is 40.6. The molecule has 0 aliphatic rings. The smallest absolute Gasteiger partial charge is 0.207 e. The largest absolute Gasteiger partial charge is 0.241 e. The van der Waals surface area contributed by atoms with Gasteiger partial charge >= 0.3 is 0 Å². The summed E-state index contributed by atoms with van der Waals surface area (Å²) in [5, 5.41) is 0. The van der Waals surface area contributed by atoms with Crippen molar-refractivity contribution < 1.29 is 12.8 Å². The molecule has 0 saturated carbocycles. The van der Waals surface area contributed by atoms with Gasteiger partial charge in [-0.05, 0) is 42.2 Å². The van der Waals surface area contributed by atoms with Gasteiger partial charge in [0.2, 0.25) is 10.0 Å². The maximum absolute atomic E-state index is 13.0. The van der Waals surface area contributed by atoms with Crippen LogP contribution in [0.5, 0.6) is 0 Å². The molecule has 2 rings (SSSR count). The molecule has 0 aliphatic carbocycles. The van der Waals surface area contributed by atoms with Crippen molar-refractivity contribution in [3.63, 3.8) is 0 Å². The predicted octanol–water partition coefficient (Wildman–Crippen LogP) is 3.89. The van der Waals surface area contributed by atoms with Crippen molar-refractivity contribution in [1.82, 2.24) is 4.72 Å². The minimum Gasteiger partial charge on any atom is -0.207 e. The van der Waals surface area contributed by atoms with Crippen molar-refractivity contribution in [2.75, 3.05) is 0 Å². The zero-order valence-corrected chi connectivity index (χ0v) is 13.5. The van der Waals surface area contributed by atoms with Crippen LogP contribution in [0, 0.1) is 11.7 Å². The van der Waals surface area contributed by atoms with E-state index in [0.29, 0.717) is 12.3 Å². The van der Waals surface area contributed by atoms with Gasteiger partial charge in [0.25, 0.3) is 0 Å². The van der Waals surface area contributed by atoms with Gasteiger partial charge in [0, 0.05) is 6.04 Å². The maximum Gasteiger partial charge on any atom is 0.241 e. The van der Waals surface area contributed by atoms with Crippen molar-refractivity contribution in [2.24, 2.45) is 5.92 Å². The van der Waals surface area contributed by atoms with Crippen LogP contribution in [-0.2, 0) is 10.0 Å².